The maximum absolute atomic E-state index is 13.2. The maximum Gasteiger partial charge on any atom is 0.423 e. The minimum atomic E-state index is -4.83. The van der Waals surface area contributed by atoms with Crippen molar-refractivity contribution in [2.45, 2.75) is 31.5 Å². The molecule has 2 aromatic rings. The first kappa shape index (κ1) is 28.3. The summed E-state index contributed by atoms with van der Waals surface area (Å²) in [7, 11) is 0. The van der Waals surface area contributed by atoms with Gasteiger partial charge in [0.2, 0.25) is 5.91 Å². The van der Waals surface area contributed by atoms with Crippen LogP contribution in [0.3, 0.4) is 0 Å². The van der Waals surface area contributed by atoms with Gasteiger partial charge in [-0.25, -0.2) is 0 Å². The Balaban J connectivity index is 1.21. The van der Waals surface area contributed by atoms with Gasteiger partial charge in [0, 0.05) is 75.1 Å². The molecule has 0 bridgehead atoms. The van der Waals surface area contributed by atoms with Crippen molar-refractivity contribution in [1.82, 2.24) is 9.80 Å². The highest BCUT2D eigenvalue weighted by molar-refractivity contribution is 6.36. The van der Waals surface area contributed by atoms with E-state index in [0.29, 0.717) is 48.9 Å². The fraction of sp³-hybridized carbons (Fsp3) is 0.480. The Morgan fingerprint density at radius 2 is 1.71 bits per heavy atom. The van der Waals surface area contributed by atoms with Crippen molar-refractivity contribution in [3.63, 3.8) is 0 Å². The van der Waals surface area contributed by atoms with Crippen LogP contribution >= 0.6 is 23.2 Å². The number of amides is 1. The Morgan fingerprint density at radius 3 is 2.32 bits per heavy atom. The molecule has 2 aromatic carbocycles. The van der Waals surface area contributed by atoms with E-state index >= 15 is 0 Å². The second kappa shape index (κ2) is 12.0. The molecule has 0 spiro atoms. The van der Waals surface area contributed by atoms with Gasteiger partial charge in [-0.3, -0.25) is 19.8 Å². The summed E-state index contributed by atoms with van der Waals surface area (Å²) in [5.41, 5.74) is -1.13. The van der Waals surface area contributed by atoms with Crippen LogP contribution in [-0.4, -0.2) is 72.5 Å². The smallest absolute Gasteiger partial charge is 0.382 e. The molecule has 206 valence electrons. The number of piperazine rings is 1. The van der Waals surface area contributed by atoms with E-state index in [9.17, 15) is 28.1 Å². The third kappa shape index (κ3) is 7.00. The summed E-state index contributed by atoms with van der Waals surface area (Å²) >= 11 is 12.3. The molecule has 4 rings (SSSR count). The number of anilines is 2. The summed E-state index contributed by atoms with van der Waals surface area (Å²) in [5.74, 6) is 0.0568. The molecule has 2 fully saturated rings. The third-order valence-electron chi connectivity index (χ3n) is 6.98. The molecule has 13 heteroatoms. The number of rotatable bonds is 7. The molecule has 0 radical (unpaired) electrons. The highest BCUT2D eigenvalue weighted by Gasteiger charge is 2.38. The third-order valence-corrected chi connectivity index (χ3v) is 7.52. The van der Waals surface area contributed by atoms with Crippen LogP contribution in [0, 0.1) is 10.1 Å². The van der Waals surface area contributed by atoms with E-state index in [4.69, 9.17) is 23.2 Å². The van der Waals surface area contributed by atoms with E-state index in [1.54, 1.807) is 11.0 Å². The number of nitrogens with one attached hydrogen (secondary N) is 1. The Kier molecular flexibility index (Phi) is 8.89. The minimum Gasteiger partial charge on any atom is -0.382 e. The first-order valence-electron chi connectivity index (χ1n) is 12.3. The van der Waals surface area contributed by atoms with Crippen molar-refractivity contribution in [3.8, 4) is 0 Å². The predicted molar refractivity (Wildman–Crippen MR) is 141 cm³/mol. The van der Waals surface area contributed by atoms with Crippen LogP contribution in [0.4, 0.5) is 30.2 Å². The van der Waals surface area contributed by atoms with Crippen LogP contribution < -0.4 is 10.2 Å². The van der Waals surface area contributed by atoms with Gasteiger partial charge in [0.1, 0.15) is 5.56 Å². The summed E-state index contributed by atoms with van der Waals surface area (Å²) in [4.78, 5) is 28.9. The van der Waals surface area contributed by atoms with Gasteiger partial charge >= 0.3 is 6.18 Å². The van der Waals surface area contributed by atoms with Gasteiger partial charge in [-0.2, -0.15) is 13.2 Å². The van der Waals surface area contributed by atoms with Gasteiger partial charge in [-0.05, 0) is 43.2 Å². The Hall–Kier alpha value is -2.76. The van der Waals surface area contributed by atoms with Crippen molar-refractivity contribution >= 4 is 46.2 Å². The summed E-state index contributed by atoms with van der Waals surface area (Å²) < 4.78 is 39.7. The van der Waals surface area contributed by atoms with E-state index in [2.05, 4.69) is 15.1 Å². The lowest BCUT2D eigenvalue weighted by atomic mass is 10.0. The number of carbonyl (C=O) groups excluding carboxylic acids is 1. The molecule has 0 saturated carbocycles. The summed E-state index contributed by atoms with van der Waals surface area (Å²) in [5, 5.41) is 15.2. The number of piperidine rings is 1. The molecule has 1 N–H and O–H groups in total. The number of halogens is 5. The molecule has 0 atom stereocenters. The number of alkyl halides is 3. The Labute approximate surface area is 228 Å². The summed E-state index contributed by atoms with van der Waals surface area (Å²) in [6, 6.07) is 8.26. The molecule has 0 aliphatic carbocycles. The Morgan fingerprint density at radius 1 is 1.03 bits per heavy atom. The van der Waals surface area contributed by atoms with Crippen LogP contribution in [0.1, 0.15) is 24.8 Å². The topological polar surface area (TPSA) is 82.0 Å². The molecule has 2 saturated heterocycles. The van der Waals surface area contributed by atoms with Crippen molar-refractivity contribution < 1.29 is 22.9 Å². The first-order valence-corrected chi connectivity index (χ1v) is 13.1. The lowest BCUT2D eigenvalue weighted by Crippen LogP contribution is -2.48. The van der Waals surface area contributed by atoms with Crippen LogP contribution in [0.5, 0.6) is 0 Å². The molecule has 2 heterocycles. The van der Waals surface area contributed by atoms with Gasteiger partial charge in [0.15, 0.2) is 0 Å². The van der Waals surface area contributed by atoms with Gasteiger partial charge in [-0.15, -0.1) is 0 Å². The highest BCUT2D eigenvalue weighted by atomic mass is 35.5. The zero-order valence-electron chi connectivity index (χ0n) is 20.5. The molecule has 0 unspecified atom stereocenters. The van der Waals surface area contributed by atoms with Crippen molar-refractivity contribution in [2.75, 3.05) is 56.0 Å². The van der Waals surface area contributed by atoms with Crippen LogP contribution in [0.25, 0.3) is 0 Å². The monoisotopic (exact) mass is 573 g/mol. The van der Waals surface area contributed by atoms with E-state index in [1.165, 1.54) is 6.07 Å². The molecule has 0 aromatic heterocycles. The van der Waals surface area contributed by atoms with Crippen molar-refractivity contribution in [3.05, 3.63) is 62.1 Å². The van der Waals surface area contributed by atoms with Crippen molar-refractivity contribution in [2.24, 2.45) is 0 Å². The zero-order chi connectivity index (χ0) is 27.4. The van der Waals surface area contributed by atoms with Gasteiger partial charge in [0.25, 0.3) is 5.69 Å². The molecular formula is C25H28Cl2F3N5O3. The quantitative estimate of drug-likeness (QED) is 0.346. The number of hydrogen-bond acceptors (Lipinski definition) is 6. The number of hydrogen-bond donors (Lipinski definition) is 1. The van der Waals surface area contributed by atoms with Gasteiger partial charge < -0.3 is 15.1 Å². The average molecular weight is 574 g/mol. The summed E-state index contributed by atoms with van der Waals surface area (Å²) in [6.45, 7) is 4.87. The van der Waals surface area contributed by atoms with Gasteiger partial charge in [-0.1, -0.05) is 23.2 Å². The SMILES string of the molecule is O=C(CCN1CCN(c2ccc(Cl)cc2Cl)CC1)N1CCC(Nc2ccc([N+](=O)[O-])c(C(F)(F)F)c2)CC1. The highest BCUT2D eigenvalue weighted by Crippen LogP contribution is 2.38. The molecule has 8 nitrogen and oxygen atoms in total. The zero-order valence-corrected chi connectivity index (χ0v) is 22.0. The predicted octanol–water partition coefficient (Wildman–Crippen LogP) is 5.54. The number of likely N-dealkylation sites (tertiary alicyclic amines) is 1. The number of nitro benzene ring substituents is 1. The standard InChI is InChI=1S/C25H28Cl2F3N5O3/c26-17-1-3-23(21(27)15-17)33-13-11-32(12-14-33)8-7-24(36)34-9-5-18(6-10-34)31-19-2-4-22(35(37)38)20(16-19)25(28,29)30/h1-4,15-16,18,31H,5-14H2. The van der Waals surface area contributed by atoms with Crippen LogP contribution in [0.15, 0.2) is 36.4 Å². The number of nitrogens with zero attached hydrogens (tertiary/aromatic N) is 4. The lowest BCUT2D eigenvalue weighted by molar-refractivity contribution is -0.388. The molecule has 38 heavy (non-hydrogen) atoms. The largest absolute Gasteiger partial charge is 0.423 e. The lowest BCUT2D eigenvalue weighted by Gasteiger charge is -2.37. The van der Waals surface area contributed by atoms with E-state index in [0.717, 1.165) is 44.0 Å². The number of nitro groups is 1. The van der Waals surface area contributed by atoms with E-state index < -0.39 is 22.4 Å². The molecular weight excluding hydrogens is 546 g/mol. The van der Waals surface area contributed by atoms with E-state index in [-0.39, 0.29) is 17.6 Å². The average Bonchev–Trinajstić information content (AvgIpc) is 2.87. The van der Waals surface area contributed by atoms with E-state index in [1.807, 2.05) is 12.1 Å². The van der Waals surface area contributed by atoms with Gasteiger partial charge in [0.05, 0.1) is 15.6 Å². The number of benzene rings is 2. The summed E-state index contributed by atoms with van der Waals surface area (Å²) in [6.07, 6.45) is -3.28. The van der Waals surface area contributed by atoms with Crippen molar-refractivity contribution in [1.29, 1.82) is 0 Å². The second-order valence-electron chi connectivity index (χ2n) is 9.46. The second-order valence-corrected chi connectivity index (χ2v) is 10.3. The fourth-order valence-electron chi connectivity index (χ4n) is 4.88. The molecule has 2 aliphatic rings. The number of carbonyl (C=O) groups is 1. The first-order chi connectivity index (χ1) is 18.0. The van der Waals surface area contributed by atoms with Crippen LogP contribution in [0.2, 0.25) is 10.0 Å². The molecule has 1 amide bonds. The Bertz CT molecular complexity index is 1170. The molecule has 2 aliphatic heterocycles. The minimum absolute atomic E-state index is 0.0568. The van der Waals surface area contributed by atoms with Crippen LogP contribution in [-0.2, 0) is 11.0 Å². The normalized spacial score (nSPS) is 17.5. The fourth-order valence-corrected chi connectivity index (χ4v) is 5.41. The maximum atomic E-state index is 13.2.